The molecule has 0 aliphatic carbocycles. The van der Waals surface area contributed by atoms with Crippen LogP contribution < -0.4 is 15.4 Å². The van der Waals surface area contributed by atoms with Crippen molar-refractivity contribution >= 4 is 11.8 Å². The number of aromatic hydroxyl groups is 1. The molecule has 7 nitrogen and oxygen atoms in total. The first kappa shape index (κ1) is 19.1. The smallest absolute Gasteiger partial charge is 0.258 e. The second-order valence-electron chi connectivity index (χ2n) is 6.48. The van der Waals surface area contributed by atoms with E-state index in [-0.39, 0.29) is 41.0 Å². The number of nitrogens with one attached hydrogen (secondary N) is 2. The van der Waals surface area contributed by atoms with Gasteiger partial charge >= 0.3 is 0 Å². The lowest BCUT2D eigenvalue weighted by molar-refractivity contribution is -0.124. The third-order valence-corrected chi connectivity index (χ3v) is 4.23. The number of phenolic OH excluding ortho intramolecular Hbond substituents is 1. The number of carbonyl (C=O) groups is 2. The lowest BCUT2D eigenvalue weighted by Gasteiger charge is -2.24. The van der Waals surface area contributed by atoms with Crippen LogP contribution in [0.4, 0.5) is 0 Å². The van der Waals surface area contributed by atoms with Crippen LogP contribution in [0, 0.1) is 0 Å². The highest BCUT2D eigenvalue weighted by atomic mass is 16.5. The Kier molecular flexibility index (Phi) is 6.25. The van der Waals surface area contributed by atoms with Gasteiger partial charge in [-0.2, -0.15) is 0 Å². The number of rotatable bonds is 6. The van der Waals surface area contributed by atoms with Gasteiger partial charge in [-0.25, -0.2) is 0 Å². The number of hydrogen-bond donors (Lipinski definition) is 3. The molecular formula is C18H27N3O4. The highest BCUT2D eigenvalue weighted by Gasteiger charge is 2.40. The third kappa shape index (κ3) is 4.22. The fourth-order valence-corrected chi connectivity index (χ4v) is 3.21. The third-order valence-electron chi connectivity index (χ3n) is 4.23. The number of phenols is 1. The van der Waals surface area contributed by atoms with Gasteiger partial charge in [0.25, 0.3) is 5.91 Å². The molecule has 2 rings (SSSR count). The number of nitrogens with zero attached hydrogens (tertiary/aromatic N) is 1. The molecule has 1 aromatic rings. The van der Waals surface area contributed by atoms with Gasteiger partial charge in [0, 0.05) is 25.2 Å². The van der Waals surface area contributed by atoms with Crippen molar-refractivity contribution in [3.63, 3.8) is 0 Å². The standard InChI is InChI=1S/C18H27N3O4/c1-5-19-17(23)14-9-12(20-11(2)3)10-21(14)18(24)13-7-6-8-15(25-4)16(13)22/h6-8,11-12,14,20,22H,5,9-10H2,1-4H3,(H,19,23)/t12-,14+/m1/s1. The van der Waals surface area contributed by atoms with E-state index in [4.69, 9.17) is 4.74 Å². The van der Waals surface area contributed by atoms with Crippen LogP contribution in [-0.4, -0.2) is 60.1 Å². The van der Waals surface area contributed by atoms with Crippen LogP contribution in [0.5, 0.6) is 11.5 Å². The molecule has 7 heteroatoms. The Bertz CT molecular complexity index is 633. The second-order valence-corrected chi connectivity index (χ2v) is 6.48. The van der Waals surface area contributed by atoms with E-state index < -0.39 is 6.04 Å². The lowest BCUT2D eigenvalue weighted by atomic mass is 10.1. The van der Waals surface area contributed by atoms with Crippen LogP contribution in [-0.2, 0) is 4.79 Å². The van der Waals surface area contributed by atoms with Gasteiger partial charge in [-0.3, -0.25) is 9.59 Å². The van der Waals surface area contributed by atoms with Crippen LogP contribution in [0.2, 0.25) is 0 Å². The van der Waals surface area contributed by atoms with Crippen molar-refractivity contribution in [1.82, 2.24) is 15.5 Å². The molecule has 1 aromatic carbocycles. The van der Waals surface area contributed by atoms with Gasteiger partial charge in [0.2, 0.25) is 5.91 Å². The van der Waals surface area contributed by atoms with E-state index in [1.807, 2.05) is 20.8 Å². The SMILES string of the molecule is CCNC(=O)[C@@H]1C[C@@H](NC(C)C)CN1C(=O)c1cccc(OC)c1O. The number of amides is 2. The molecule has 138 valence electrons. The molecule has 0 spiro atoms. The Morgan fingerprint density at radius 1 is 1.40 bits per heavy atom. The van der Waals surface area contributed by atoms with Gasteiger partial charge in [0.1, 0.15) is 6.04 Å². The molecule has 0 aromatic heterocycles. The summed E-state index contributed by atoms with van der Waals surface area (Å²) in [5.41, 5.74) is 0.138. The summed E-state index contributed by atoms with van der Waals surface area (Å²) in [7, 11) is 1.43. The number of ether oxygens (including phenoxy) is 1. The second kappa shape index (κ2) is 8.20. The van der Waals surface area contributed by atoms with Crippen LogP contribution in [0.15, 0.2) is 18.2 Å². The Hall–Kier alpha value is -2.28. The maximum Gasteiger partial charge on any atom is 0.258 e. The van der Waals surface area contributed by atoms with Gasteiger partial charge in [0.15, 0.2) is 11.5 Å². The molecule has 25 heavy (non-hydrogen) atoms. The molecule has 1 fully saturated rings. The van der Waals surface area contributed by atoms with Crippen molar-refractivity contribution in [2.24, 2.45) is 0 Å². The van der Waals surface area contributed by atoms with Crippen molar-refractivity contribution in [3.8, 4) is 11.5 Å². The summed E-state index contributed by atoms with van der Waals surface area (Å²) in [5.74, 6) is -0.520. The lowest BCUT2D eigenvalue weighted by Crippen LogP contribution is -2.46. The Morgan fingerprint density at radius 2 is 2.12 bits per heavy atom. The van der Waals surface area contributed by atoms with Gasteiger partial charge in [-0.15, -0.1) is 0 Å². The first-order valence-corrected chi connectivity index (χ1v) is 8.59. The van der Waals surface area contributed by atoms with Crippen LogP contribution in [0.25, 0.3) is 0 Å². The maximum absolute atomic E-state index is 13.0. The minimum absolute atomic E-state index is 0.0318. The molecule has 0 unspecified atom stereocenters. The number of para-hydroxylation sites is 1. The Labute approximate surface area is 148 Å². The van der Waals surface area contributed by atoms with Crippen molar-refractivity contribution in [3.05, 3.63) is 23.8 Å². The van der Waals surface area contributed by atoms with E-state index in [1.165, 1.54) is 18.1 Å². The molecule has 0 bridgehead atoms. The number of likely N-dealkylation sites (tertiary alicyclic amines) is 1. The zero-order valence-electron chi connectivity index (χ0n) is 15.2. The summed E-state index contributed by atoms with van der Waals surface area (Å²) in [5, 5.41) is 16.4. The fraction of sp³-hybridized carbons (Fsp3) is 0.556. The minimum atomic E-state index is -0.561. The number of carbonyl (C=O) groups excluding carboxylic acids is 2. The largest absolute Gasteiger partial charge is 0.504 e. The molecule has 0 radical (unpaired) electrons. The Morgan fingerprint density at radius 3 is 2.72 bits per heavy atom. The average Bonchev–Trinajstić information content (AvgIpc) is 2.98. The van der Waals surface area contributed by atoms with Crippen molar-refractivity contribution in [2.75, 3.05) is 20.2 Å². The van der Waals surface area contributed by atoms with Gasteiger partial charge in [-0.05, 0) is 25.5 Å². The van der Waals surface area contributed by atoms with Gasteiger partial charge < -0.3 is 25.4 Å². The maximum atomic E-state index is 13.0. The minimum Gasteiger partial charge on any atom is -0.504 e. The zero-order valence-corrected chi connectivity index (χ0v) is 15.2. The van der Waals surface area contributed by atoms with E-state index in [1.54, 1.807) is 12.1 Å². The normalized spacial score (nSPS) is 20.0. The topological polar surface area (TPSA) is 90.9 Å². The summed E-state index contributed by atoms with van der Waals surface area (Å²) in [6.45, 7) is 6.81. The van der Waals surface area contributed by atoms with Crippen LogP contribution in [0.1, 0.15) is 37.6 Å². The van der Waals surface area contributed by atoms with Gasteiger partial charge in [0.05, 0.1) is 12.7 Å². The number of likely N-dealkylation sites (N-methyl/N-ethyl adjacent to an activating group) is 1. The highest BCUT2D eigenvalue weighted by molar-refractivity contribution is 6.00. The predicted octanol–water partition coefficient (Wildman–Crippen LogP) is 1.12. The predicted molar refractivity (Wildman–Crippen MR) is 94.8 cm³/mol. The molecule has 1 saturated heterocycles. The summed E-state index contributed by atoms with van der Waals surface area (Å²) >= 11 is 0. The van der Waals surface area contributed by atoms with E-state index in [9.17, 15) is 14.7 Å². The molecule has 1 aliphatic rings. The van der Waals surface area contributed by atoms with E-state index in [0.717, 1.165) is 0 Å². The number of benzene rings is 1. The number of methoxy groups -OCH3 is 1. The highest BCUT2D eigenvalue weighted by Crippen LogP contribution is 2.32. The van der Waals surface area contributed by atoms with E-state index in [0.29, 0.717) is 19.5 Å². The quantitative estimate of drug-likeness (QED) is 0.716. The fourth-order valence-electron chi connectivity index (χ4n) is 3.21. The number of hydrogen-bond acceptors (Lipinski definition) is 5. The van der Waals surface area contributed by atoms with Crippen LogP contribution >= 0.6 is 0 Å². The molecule has 2 amide bonds. The summed E-state index contributed by atoms with van der Waals surface area (Å²) in [4.78, 5) is 26.9. The molecule has 1 heterocycles. The first-order valence-electron chi connectivity index (χ1n) is 8.59. The summed E-state index contributed by atoms with van der Waals surface area (Å²) in [6, 6.07) is 4.49. The van der Waals surface area contributed by atoms with Gasteiger partial charge in [-0.1, -0.05) is 19.9 Å². The molecule has 3 N–H and O–H groups in total. The average molecular weight is 349 g/mol. The summed E-state index contributed by atoms with van der Waals surface area (Å²) in [6.07, 6.45) is 0.542. The first-order chi connectivity index (χ1) is 11.9. The monoisotopic (exact) mass is 349 g/mol. The molecule has 0 saturated carbocycles. The van der Waals surface area contributed by atoms with E-state index >= 15 is 0 Å². The Balaban J connectivity index is 2.29. The molecular weight excluding hydrogens is 322 g/mol. The van der Waals surface area contributed by atoms with E-state index in [2.05, 4.69) is 10.6 Å². The zero-order chi connectivity index (χ0) is 18.6. The molecule has 2 atom stereocenters. The summed E-state index contributed by atoms with van der Waals surface area (Å²) < 4.78 is 5.07. The van der Waals surface area contributed by atoms with Crippen molar-refractivity contribution in [1.29, 1.82) is 0 Å². The molecule has 1 aliphatic heterocycles. The van der Waals surface area contributed by atoms with Crippen molar-refractivity contribution in [2.45, 2.75) is 45.3 Å². The van der Waals surface area contributed by atoms with Crippen molar-refractivity contribution < 1.29 is 19.4 Å². The van der Waals surface area contributed by atoms with Crippen LogP contribution in [0.3, 0.4) is 0 Å².